The zero-order valence-corrected chi connectivity index (χ0v) is 18.4. The van der Waals surface area contributed by atoms with E-state index in [-0.39, 0.29) is 28.9 Å². The molecule has 0 spiro atoms. The van der Waals surface area contributed by atoms with E-state index in [9.17, 15) is 17.6 Å². The predicted molar refractivity (Wildman–Crippen MR) is 112 cm³/mol. The van der Waals surface area contributed by atoms with Crippen LogP contribution in [0.15, 0.2) is 47.4 Å². The standard InChI is InChI=1S/C20H25ClFN3O3S/c1-20(2,16-10-9-15(22)11-17(16)21)24-13-19(26)23-12-14-7-5-6-8-18(14)29(27,28)25(3)4/h5-11,24H,12-13H2,1-4H3,(H,23,26). The summed E-state index contributed by atoms with van der Waals surface area (Å²) in [5.41, 5.74) is 0.486. The number of halogens is 2. The van der Waals surface area contributed by atoms with Gasteiger partial charge in [-0.3, -0.25) is 10.1 Å². The first kappa shape index (κ1) is 23.3. The Labute approximate surface area is 176 Å². The quantitative estimate of drug-likeness (QED) is 0.660. The third-order valence-corrected chi connectivity index (χ3v) is 6.73. The minimum absolute atomic E-state index is 0.0245. The van der Waals surface area contributed by atoms with E-state index in [0.717, 1.165) is 4.31 Å². The highest BCUT2D eigenvalue weighted by atomic mass is 35.5. The largest absolute Gasteiger partial charge is 0.351 e. The molecule has 0 radical (unpaired) electrons. The third kappa shape index (κ3) is 5.76. The van der Waals surface area contributed by atoms with Crippen LogP contribution >= 0.6 is 11.6 Å². The Morgan fingerprint density at radius 2 is 1.83 bits per heavy atom. The van der Waals surface area contributed by atoms with E-state index in [1.165, 1.54) is 32.3 Å². The minimum atomic E-state index is -3.61. The molecule has 0 unspecified atom stereocenters. The molecule has 29 heavy (non-hydrogen) atoms. The first-order valence-corrected chi connectivity index (χ1v) is 10.7. The summed E-state index contributed by atoms with van der Waals surface area (Å²) >= 11 is 6.11. The van der Waals surface area contributed by atoms with Crippen molar-refractivity contribution in [3.63, 3.8) is 0 Å². The molecule has 2 rings (SSSR count). The summed E-state index contributed by atoms with van der Waals surface area (Å²) in [6.45, 7) is 3.71. The summed E-state index contributed by atoms with van der Waals surface area (Å²) in [6.07, 6.45) is 0. The second-order valence-corrected chi connectivity index (χ2v) is 9.80. The first-order chi connectivity index (χ1) is 13.4. The van der Waals surface area contributed by atoms with Gasteiger partial charge in [-0.1, -0.05) is 35.9 Å². The van der Waals surface area contributed by atoms with Crippen LogP contribution in [0.1, 0.15) is 25.0 Å². The lowest BCUT2D eigenvalue weighted by atomic mass is 9.94. The van der Waals surface area contributed by atoms with Gasteiger partial charge < -0.3 is 5.32 Å². The number of nitrogens with one attached hydrogen (secondary N) is 2. The van der Waals surface area contributed by atoms with Crippen molar-refractivity contribution in [1.29, 1.82) is 0 Å². The number of hydrogen-bond donors (Lipinski definition) is 2. The maximum atomic E-state index is 13.3. The zero-order valence-electron chi connectivity index (χ0n) is 16.8. The van der Waals surface area contributed by atoms with Crippen molar-refractivity contribution < 1.29 is 17.6 Å². The lowest BCUT2D eigenvalue weighted by molar-refractivity contribution is -0.120. The van der Waals surface area contributed by atoms with Crippen molar-refractivity contribution in [3.05, 3.63) is 64.4 Å². The highest BCUT2D eigenvalue weighted by Gasteiger charge is 2.24. The monoisotopic (exact) mass is 441 g/mol. The Bertz CT molecular complexity index is 994. The van der Waals surface area contributed by atoms with Gasteiger partial charge in [0.25, 0.3) is 0 Å². The van der Waals surface area contributed by atoms with Crippen LogP contribution in [0.25, 0.3) is 0 Å². The van der Waals surface area contributed by atoms with E-state index in [2.05, 4.69) is 10.6 Å². The highest BCUT2D eigenvalue weighted by Crippen LogP contribution is 2.28. The third-order valence-electron chi connectivity index (χ3n) is 4.50. The smallest absolute Gasteiger partial charge is 0.242 e. The Morgan fingerprint density at radius 1 is 1.17 bits per heavy atom. The highest BCUT2D eigenvalue weighted by molar-refractivity contribution is 7.89. The number of rotatable bonds is 8. The fourth-order valence-corrected chi connectivity index (χ4v) is 4.27. The number of benzene rings is 2. The predicted octanol–water partition coefficient (Wildman–Crippen LogP) is 2.87. The maximum absolute atomic E-state index is 13.3. The van der Waals surface area contributed by atoms with E-state index in [1.807, 2.05) is 13.8 Å². The summed E-state index contributed by atoms with van der Waals surface area (Å²) in [5.74, 6) is -0.744. The van der Waals surface area contributed by atoms with E-state index >= 15 is 0 Å². The molecule has 0 aromatic heterocycles. The lowest BCUT2D eigenvalue weighted by Crippen LogP contribution is -2.43. The summed E-state index contributed by atoms with van der Waals surface area (Å²) in [7, 11) is -0.703. The average Bonchev–Trinajstić information content (AvgIpc) is 2.64. The number of carbonyl (C=O) groups excluding carboxylic acids is 1. The van der Waals surface area contributed by atoms with Crippen molar-refractivity contribution in [2.45, 2.75) is 30.8 Å². The SMILES string of the molecule is CN(C)S(=O)(=O)c1ccccc1CNC(=O)CNC(C)(C)c1ccc(F)cc1Cl. The van der Waals surface area contributed by atoms with E-state index in [4.69, 9.17) is 11.6 Å². The molecule has 0 aliphatic heterocycles. The van der Waals surface area contributed by atoms with Gasteiger partial charge in [0.05, 0.1) is 11.4 Å². The van der Waals surface area contributed by atoms with Gasteiger partial charge in [0.15, 0.2) is 0 Å². The van der Waals surface area contributed by atoms with Crippen LogP contribution in [0.3, 0.4) is 0 Å². The van der Waals surface area contributed by atoms with Gasteiger partial charge in [-0.05, 0) is 43.2 Å². The number of nitrogens with zero attached hydrogens (tertiary/aromatic N) is 1. The van der Waals surface area contributed by atoms with Crippen LogP contribution in [0.5, 0.6) is 0 Å². The molecule has 2 N–H and O–H groups in total. The second kappa shape index (κ2) is 9.21. The lowest BCUT2D eigenvalue weighted by Gasteiger charge is -2.28. The van der Waals surface area contributed by atoms with Crippen LogP contribution < -0.4 is 10.6 Å². The fraction of sp³-hybridized carbons (Fsp3) is 0.350. The minimum Gasteiger partial charge on any atom is -0.351 e. The molecule has 0 heterocycles. The fourth-order valence-electron chi connectivity index (χ4n) is 2.75. The van der Waals surface area contributed by atoms with Crippen LogP contribution in [-0.4, -0.2) is 39.3 Å². The Kier molecular flexibility index (Phi) is 7.40. The van der Waals surface area contributed by atoms with E-state index in [1.54, 1.807) is 24.3 Å². The molecule has 6 nitrogen and oxygen atoms in total. The van der Waals surface area contributed by atoms with Gasteiger partial charge in [0.2, 0.25) is 15.9 Å². The molecule has 0 aliphatic rings. The molecule has 0 fully saturated rings. The van der Waals surface area contributed by atoms with Gasteiger partial charge >= 0.3 is 0 Å². The van der Waals surface area contributed by atoms with E-state index < -0.39 is 21.4 Å². The second-order valence-electron chi connectivity index (χ2n) is 7.27. The van der Waals surface area contributed by atoms with Gasteiger partial charge in [-0.25, -0.2) is 17.1 Å². The van der Waals surface area contributed by atoms with Gasteiger partial charge in [0.1, 0.15) is 5.82 Å². The van der Waals surface area contributed by atoms with Gasteiger partial charge in [-0.15, -0.1) is 0 Å². The number of amides is 1. The van der Waals surface area contributed by atoms with Crippen LogP contribution in [0.2, 0.25) is 5.02 Å². The molecule has 158 valence electrons. The summed E-state index contributed by atoms with van der Waals surface area (Å²) in [4.78, 5) is 12.5. The van der Waals surface area contributed by atoms with Crippen LogP contribution in [0, 0.1) is 5.82 Å². The van der Waals surface area contributed by atoms with Crippen molar-refractivity contribution in [2.24, 2.45) is 0 Å². The molecule has 9 heteroatoms. The molecule has 0 saturated heterocycles. The summed E-state index contributed by atoms with van der Waals surface area (Å²) in [6, 6.07) is 10.6. The van der Waals surface area contributed by atoms with Crippen molar-refractivity contribution in [2.75, 3.05) is 20.6 Å². The normalized spacial score (nSPS) is 12.2. The Balaban J connectivity index is 2.03. The van der Waals surface area contributed by atoms with Crippen molar-refractivity contribution in [3.8, 4) is 0 Å². The molecule has 2 aromatic rings. The molecule has 1 amide bonds. The zero-order chi connectivity index (χ0) is 21.8. The van der Waals surface area contributed by atoms with Gasteiger partial charge in [-0.2, -0.15) is 0 Å². The first-order valence-electron chi connectivity index (χ1n) is 8.93. The topological polar surface area (TPSA) is 78.5 Å². The number of sulfonamides is 1. The molecule has 0 aliphatic carbocycles. The summed E-state index contributed by atoms with van der Waals surface area (Å²) in [5, 5.41) is 6.08. The Hall–Kier alpha value is -2.00. The summed E-state index contributed by atoms with van der Waals surface area (Å²) < 4.78 is 39.3. The molecule has 0 bridgehead atoms. The van der Waals surface area contributed by atoms with Gasteiger partial charge in [0, 0.05) is 31.2 Å². The van der Waals surface area contributed by atoms with Crippen LogP contribution in [0.4, 0.5) is 4.39 Å². The number of carbonyl (C=O) groups is 1. The van der Waals surface area contributed by atoms with E-state index in [0.29, 0.717) is 11.1 Å². The molecule has 2 aromatic carbocycles. The Morgan fingerprint density at radius 3 is 2.45 bits per heavy atom. The molecular formula is C20H25ClFN3O3S. The van der Waals surface area contributed by atoms with Crippen LogP contribution in [-0.2, 0) is 26.9 Å². The molecule has 0 atom stereocenters. The molecular weight excluding hydrogens is 417 g/mol. The van der Waals surface area contributed by atoms with Crippen molar-refractivity contribution >= 4 is 27.5 Å². The number of hydrogen-bond acceptors (Lipinski definition) is 4. The molecule has 0 saturated carbocycles. The average molecular weight is 442 g/mol. The van der Waals surface area contributed by atoms with Crippen molar-refractivity contribution in [1.82, 2.24) is 14.9 Å². The maximum Gasteiger partial charge on any atom is 0.242 e.